The van der Waals surface area contributed by atoms with E-state index in [1.165, 1.54) is 23.1 Å². The van der Waals surface area contributed by atoms with E-state index in [0.717, 1.165) is 10.5 Å². The maximum absolute atomic E-state index is 12.3. The van der Waals surface area contributed by atoms with Gasteiger partial charge < -0.3 is 4.90 Å². The Kier molecular flexibility index (Phi) is 5.69. The zero-order valence-corrected chi connectivity index (χ0v) is 16.0. The average molecular weight is 447 g/mol. The summed E-state index contributed by atoms with van der Waals surface area (Å²) in [4.78, 5) is 48.3. The number of rotatable bonds is 4. The van der Waals surface area contributed by atoms with E-state index < -0.39 is 22.7 Å². The van der Waals surface area contributed by atoms with Crippen LogP contribution < -0.4 is 15.8 Å². The smallest absolute Gasteiger partial charge is 0.270 e. The highest BCUT2D eigenvalue weighted by atomic mass is 79.9. The lowest BCUT2D eigenvalue weighted by molar-refractivity contribution is -0.384. The number of nitrogens with zero attached hydrogens (tertiary/aromatic N) is 2. The summed E-state index contributed by atoms with van der Waals surface area (Å²) in [6, 6.07) is 12.3. The van der Waals surface area contributed by atoms with Gasteiger partial charge in [0, 0.05) is 40.8 Å². The van der Waals surface area contributed by atoms with Crippen LogP contribution in [0.5, 0.6) is 0 Å². The third-order valence-corrected chi connectivity index (χ3v) is 4.78. The van der Waals surface area contributed by atoms with Gasteiger partial charge in [-0.3, -0.25) is 35.3 Å². The molecule has 10 heteroatoms. The summed E-state index contributed by atoms with van der Waals surface area (Å²) in [6.07, 6.45) is 0.0224. The highest BCUT2D eigenvalue weighted by Gasteiger charge is 2.35. The fraction of sp³-hybridized carbons (Fsp3) is 0.167. The maximum Gasteiger partial charge on any atom is 0.270 e. The van der Waals surface area contributed by atoms with Gasteiger partial charge in [0.25, 0.3) is 11.6 Å². The van der Waals surface area contributed by atoms with Crippen LogP contribution in [0, 0.1) is 16.0 Å². The van der Waals surface area contributed by atoms with Crippen molar-refractivity contribution in [3.63, 3.8) is 0 Å². The number of anilines is 1. The molecule has 2 aromatic carbocycles. The van der Waals surface area contributed by atoms with Gasteiger partial charge in [0.2, 0.25) is 11.8 Å². The van der Waals surface area contributed by atoms with Crippen LogP contribution in [-0.2, 0) is 9.59 Å². The summed E-state index contributed by atoms with van der Waals surface area (Å²) in [5.74, 6) is -2.01. The quantitative estimate of drug-likeness (QED) is 0.550. The van der Waals surface area contributed by atoms with Crippen LogP contribution in [-0.4, -0.2) is 29.2 Å². The molecule has 0 unspecified atom stereocenters. The highest BCUT2D eigenvalue weighted by molar-refractivity contribution is 9.10. The molecule has 0 spiro atoms. The zero-order chi connectivity index (χ0) is 20.3. The molecular weight excluding hydrogens is 432 g/mol. The molecule has 1 aliphatic heterocycles. The van der Waals surface area contributed by atoms with Crippen molar-refractivity contribution in [2.24, 2.45) is 5.92 Å². The Morgan fingerprint density at radius 3 is 2.54 bits per heavy atom. The van der Waals surface area contributed by atoms with Crippen LogP contribution in [0.4, 0.5) is 11.4 Å². The fourth-order valence-electron chi connectivity index (χ4n) is 2.81. The third-order valence-electron chi connectivity index (χ3n) is 4.25. The first kappa shape index (κ1) is 19.5. The Bertz CT molecular complexity index is 947. The number of benzene rings is 2. The average Bonchev–Trinajstić information content (AvgIpc) is 3.08. The molecule has 1 atom stereocenters. The summed E-state index contributed by atoms with van der Waals surface area (Å²) >= 11 is 3.32. The lowest BCUT2D eigenvalue weighted by Crippen LogP contribution is -2.45. The number of carbonyl (C=O) groups excluding carboxylic acids is 3. The molecule has 1 saturated heterocycles. The molecule has 0 radical (unpaired) electrons. The van der Waals surface area contributed by atoms with Crippen molar-refractivity contribution < 1.29 is 19.3 Å². The van der Waals surface area contributed by atoms with E-state index in [-0.39, 0.29) is 30.1 Å². The lowest BCUT2D eigenvalue weighted by Gasteiger charge is -2.17. The van der Waals surface area contributed by atoms with Gasteiger partial charge in [-0.05, 0) is 30.3 Å². The van der Waals surface area contributed by atoms with Crippen LogP contribution in [0.3, 0.4) is 0 Å². The molecule has 144 valence electrons. The number of carbonyl (C=O) groups is 3. The number of nitro benzene ring substituents is 1. The Hall–Kier alpha value is -3.27. The molecule has 9 nitrogen and oxygen atoms in total. The molecule has 28 heavy (non-hydrogen) atoms. The van der Waals surface area contributed by atoms with Crippen molar-refractivity contribution in [3.8, 4) is 0 Å². The van der Waals surface area contributed by atoms with E-state index >= 15 is 0 Å². The molecule has 1 aliphatic rings. The van der Waals surface area contributed by atoms with Crippen molar-refractivity contribution in [2.75, 3.05) is 11.4 Å². The van der Waals surface area contributed by atoms with Gasteiger partial charge in [-0.1, -0.05) is 22.0 Å². The summed E-state index contributed by atoms with van der Waals surface area (Å²) in [6.45, 7) is 0.193. The van der Waals surface area contributed by atoms with E-state index in [4.69, 9.17) is 0 Å². The summed E-state index contributed by atoms with van der Waals surface area (Å²) in [5, 5.41) is 10.8. The number of halogens is 1. The first-order chi connectivity index (χ1) is 13.3. The topological polar surface area (TPSA) is 122 Å². The number of nitrogens with one attached hydrogen (secondary N) is 2. The van der Waals surface area contributed by atoms with Crippen molar-refractivity contribution in [1.82, 2.24) is 10.9 Å². The number of nitro groups is 1. The van der Waals surface area contributed by atoms with Gasteiger partial charge in [0.15, 0.2) is 0 Å². The van der Waals surface area contributed by atoms with Gasteiger partial charge in [-0.15, -0.1) is 0 Å². The van der Waals surface area contributed by atoms with Crippen LogP contribution in [0.1, 0.15) is 16.8 Å². The predicted molar refractivity (Wildman–Crippen MR) is 103 cm³/mol. The van der Waals surface area contributed by atoms with Crippen molar-refractivity contribution in [2.45, 2.75) is 6.42 Å². The second-order valence-electron chi connectivity index (χ2n) is 6.13. The maximum atomic E-state index is 12.3. The number of hydrogen-bond donors (Lipinski definition) is 2. The Labute approximate surface area is 168 Å². The Morgan fingerprint density at radius 1 is 1.14 bits per heavy atom. The molecule has 2 aromatic rings. The van der Waals surface area contributed by atoms with Gasteiger partial charge >= 0.3 is 0 Å². The molecule has 1 fully saturated rings. The second-order valence-corrected chi connectivity index (χ2v) is 7.05. The molecule has 0 bridgehead atoms. The van der Waals surface area contributed by atoms with Gasteiger partial charge in [-0.2, -0.15) is 0 Å². The van der Waals surface area contributed by atoms with Gasteiger partial charge in [0.05, 0.1) is 10.8 Å². The molecule has 3 amide bonds. The van der Waals surface area contributed by atoms with E-state index in [1.54, 1.807) is 24.3 Å². The summed E-state index contributed by atoms with van der Waals surface area (Å²) < 4.78 is 0.876. The summed E-state index contributed by atoms with van der Waals surface area (Å²) in [7, 11) is 0. The minimum Gasteiger partial charge on any atom is -0.312 e. The van der Waals surface area contributed by atoms with Gasteiger partial charge in [0.1, 0.15) is 0 Å². The van der Waals surface area contributed by atoms with E-state index in [1.807, 2.05) is 0 Å². The molecular formula is C18H15BrN4O5. The normalized spacial score (nSPS) is 16.0. The van der Waals surface area contributed by atoms with E-state index in [9.17, 15) is 24.5 Å². The molecule has 3 rings (SSSR count). The number of hydrazine groups is 1. The zero-order valence-electron chi connectivity index (χ0n) is 14.4. The van der Waals surface area contributed by atoms with Crippen molar-refractivity contribution in [3.05, 3.63) is 68.7 Å². The van der Waals surface area contributed by atoms with E-state index in [2.05, 4.69) is 26.8 Å². The van der Waals surface area contributed by atoms with Crippen LogP contribution in [0.25, 0.3) is 0 Å². The van der Waals surface area contributed by atoms with Gasteiger partial charge in [-0.25, -0.2) is 0 Å². The standard InChI is InChI=1S/C18H15BrN4O5/c19-13-4-6-14(7-5-13)22-10-12(9-16(22)24)18(26)21-20-17(25)11-2-1-3-15(8-11)23(27)28/h1-8,12H,9-10H2,(H,20,25)(H,21,26)/t12-/m0/s1. The second kappa shape index (κ2) is 8.17. The first-order valence-corrected chi connectivity index (χ1v) is 9.05. The number of non-ortho nitro benzene ring substituents is 1. The van der Waals surface area contributed by atoms with Crippen LogP contribution in [0.15, 0.2) is 53.0 Å². The minimum atomic E-state index is -0.689. The molecule has 0 saturated carbocycles. The fourth-order valence-corrected chi connectivity index (χ4v) is 3.07. The van der Waals surface area contributed by atoms with Crippen LogP contribution >= 0.6 is 15.9 Å². The van der Waals surface area contributed by atoms with Crippen molar-refractivity contribution >= 4 is 45.0 Å². The predicted octanol–water partition coefficient (Wildman–Crippen LogP) is 2.17. The Balaban J connectivity index is 1.59. The summed E-state index contributed by atoms with van der Waals surface area (Å²) in [5.41, 5.74) is 4.99. The largest absolute Gasteiger partial charge is 0.312 e. The molecule has 1 heterocycles. The highest BCUT2D eigenvalue weighted by Crippen LogP contribution is 2.26. The lowest BCUT2D eigenvalue weighted by atomic mass is 10.1. The minimum absolute atomic E-state index is 0.0224. The third kappa shape index (κ3) is 4.34. The Morgan fingerprint density at radius 2 is 1.86 bits per heavy atom. The molecule has 2 N–H and O–H groups in total. The van der Waals surface area contributed by atoms with Crippen LogP contribution in [0.2, 0.25) is 0 Å². The number of amides is 3. The number of hydrogen-bond acceptors (Lipinski definition) is 5. The van der Waals surface area contributed by atoms with Crippen molar-refractivity contribution in [1.29, 1.82) is 0 Å². The molecule has 0 aromatic heterocycles. The first-order valence-electron chi connectivity index (χ1n) is 8.26. The SMILES string of the molecule is O=C(NNC(=O)[C@H]1CC(=O)N(c2ccc(Br)cc2)C1)c1cccc([N+](=O)[O-])c1. The molecule has 0 aliphatic carbocycles. The van der Waals surface area contributed by atoms with E-state index in [0.29, 0.717) is 5.69 Å². The monoisotopic (exact) mass is 446 g/mol.